The van der Waals surface area contributed by atoms with Crippen LogP contribution in [0.5, 0.6) is 0 Å². The highest BCUT2D eigenvalue weighted by molar-refractivity contribution is 14.1. The molecule has 104 valence electrons. The lowest BCUT2D eigenvalue weighted by molar-refractivity contribution is -0.129. The van der Waals surface area contributed by atoms with Gasteiger partial charge in [0.25, 0.3) is 0 Å². The molecule has 0 saturated carbocycles. The lowest BCUT2D eigenvalue weighted by Gasteiger charge is -2.00. The first-order valence-electron chi connectivity index (χ1n) is 6.16. The number of hydrogen-bond acceptors (Lipinski definition) is 3. The molecule has 2 aromatic carbocycles. The van der Waals surface area contributed by atoms with Crippen molar-refractivity contribution >= 4 is 52.1 Å². The first-order valence-corrected chi connectivity index (χ1v) is 7.62. The van der Waals surface area contributed by atoms with Crippen molar-refractivity contribution in [3.8, 4) is 0 Å². The minimum atomic E-state index is -0.469. The van der Waals surface area contributed by atoms with Gasteiger partial charge in [0.2, 0.25) is 5.90 Å². The summed E-state index contributed by atoms with van der Waals surface area (Å²) in [5.74, 6) is -0.230. The Kier molecular flexibility index (Phi) is 4.07. The second kappa shape index (κ2) is 5.99. The van der Waals surface area contributed by atoms with Crippen LogP contribution in [0.25, 0.3) is 6.08 Å². The van der Waals surface area contributed by atoms with Gasteiger partial charge in [-0.1, -0.05) is 35.9 Å². The quantitative estimate of drug-likeness (QED) is 0.422. The van der Waals surface area contributed by atoms with Gasteiger partial charge in [0.05, 0.1) is 10.6 Å². The normalized spacial score (nSPS) is 16.0. The molecule has 0 fully saturated rings. The van der Waals surface area contributed by atoms with Crippen LogP contribution in [0, 0.1) is 3.57 Å². The summed E-state index contributed by atoms with van der Waals surface area (Å²) in [6, 6.07) is 14.9. The van der Waals surface area contributed by atoms with Crippen molar-refractivity contribution in [2.24, 2.45) is 4.99 Å². The summed E-state index contributed by atoms with van der Waals surface area (Å²) >= 11 is 8.30. The number of halogens is 2. The highest BCUT2D eigenvalue weighted by atomic mass is 127. The SMILES string of the molecule is O=C1OC(c2ccccc2Cl)=NC1=Cc1cccc(I)c1. The van der Waals surface area contributed by atoms with Crippen LogP contribution in [0.2, 0.25) is 5.02 Å². The fourth-order valence-corrected chi connectivity index (χ4v) is 2.70. The number of cyclic esters (lactones) is 1. The summed E-state index contributed by atoms with van der Waals surface area (Å²) in [6.07, 6.45) is 1.70. The van der Waals surface area contributed by atoms with Gasteiger partial charge in [0, 0.05) is 3.57 Å². The summed E-state index contributed by atoms with van der Waals surface area (Å²) in [6.45, 7) is 0. The van der Waals surface area contributed by atoms with Crippen LogP contribution in [0.15, 0.2) is 59.2 Å². The van der Waals surface area contributed by atoms with E-state index >= 15 is 0 Å². The molecule has 0 atom stereocenters. The largest absolute Gasteiger partial charge is 0.402 e. The van der Waals surface area contributed by atoms with Crippen LogP contribution in [0.1, 0.15) is 11.1 Å². The fraction of sp³-hybridized carbons (Fsp3) is 0. The molecule has 2 aromatic rings. The highest BCUT2D eigenvalue weighted by Crippen LogP contribution is 2.23. The summed E-state index contributed by atoms with van der Waals surface area (Å²) in [7, 11) is 0. The third-order valence-electron chi connectivity index (χ3n) is 2.88. The van der Waals surface area contributed by atoms with Crippen LogP contribution in [0.4, 0.5) is 0 Å². The third-order valence-corrected chi connectivity index (χ3v) is 3.88. The van der Waals surface area contributed by atoms with Gasteiger partial charge in [-0.05, 0) is 58.5 Å². The first kappa shape index (κ1) is 14.3. The number of rotatable bonds is 2. The lowest BCUT2D eigenvalue weighted by atomic mass is 10.2. The maximum absolute atomic E-state index is 11.9. The van der Waals surface area contributed by atoms with Gasteiger partial charge in [-0.25, -0.2) is 9.79 Å². The topological polar surface area (TPSA) is 38.7 Å². The van der Waals surface area contributed by atoms with Crippen LogP contribution in [-0.2, 0) is 9.53 Å². The van der Waals surface area contributed by atoms with E-state index in [2.05, 4.69) is 27.6 Å². The number of esters is 1. The minimum Gasteiger partial charge on any atom is -0.402 e. The number of hydrogen-bond donors (Lipinski definition) is 0. The van der Waals surface area contributed by atoms with Crippen molar-refractivity contribution in [3.63, 3.8) is 0 Å². The molecule has 0 spiro atoms. The van der Waals surface area contributed by atoms with Gasteiger partial charge in [-0.3, -0.25) is 0 Å². The zero-order valence-corrected chi connectivity index (χ0v) is 13.6. The van der Waals surface area contributed by atoms with Crippen LogP contribution >= 0.6 is 34.2 Å². The molecule has 0 radical (unpaired) electrons. The Balaban J connectivity index is 1.98. The highest BCUT2D eigenvalue weighted by Gasteiger charge is 2.25. The fourth-order valence-electron chi connectivity index (χ4n) is 1.91. The predicted octanol–water partition coefficient (Wildman–Crippen LogP) is 4.29. The standard InChI is InChI=1S/C16H9ClINO2/c17-13-7-2-1-6-12(13)15-19-14(16(20)21-15)9-10-4-3-5-11(18)8-10/h1-9H. The molecule has 0 amide bonds. The average Bonchev–Trinajstić information content (AvgIpc) is 2.80. The Morgan fingerprint density at radius 2 is 1.95 bits per heavy atom. The molecule has 21 heavy (non-hydrogen) atoms. The van der Waals surface area contributed by atoms with E-state index in [1.165, 1.54) is 0 Å². The number of carbonyl (C=O) groups is 1. The van der Waals surface area contributed by atoms with Crippen molar-refractivity contribution in [2.75, 3.05) is 0 Å². The number of aliphatic imine (C=N–C) groups is 1. The Bertz CT molecular complexity index is 783. The second-order valence-corrected chi connectivity index (χ2v) is 6.02. The van der Waals surface area contributed by atoms with Crippen LogP contribution in [-0.4, -0.2) is 11.9 Å². The molecule has 1 aliphatic heterocycles. The average molecular weight is 410 g/mol. The first-order chi connectivity index (χ1) is 10.1. The molecule has 1 aliphatic rings. The summed E-state index contributed by atoms with van der Waals surface area (Å²) in [4.78, 5) is 16.2. The number of ether oxygens (including phenoxy) is 1. The maximum Gasteiger partial charge on any atom is 0.363 e. The zero-order chi connectivity index (χ0) is 14.8. The van der Waals surface area contributed by atoms with Crippen molar-refractivity contribution in [3.05, 3.63) is 73.9 Å². The zero-order valence-electron chi connectivity index (χ0n) is 10.7. The van der Waals surface area contributed by atoms with Gasteiger partial charge < -0.3 is 4.74 Å². The molecule has 1 heterocycles. The molecule has 0 unspecified atom stereocenters. The molecular weight excluding hydrogens is 401 g/mol. The molecule has 5 heteroatoms. The lowest BCUT2D eigenvalue weighted by Crippen LogP contribution is -2.05. The van der Waals surface area contributed by atoms with Crippen molar-refractivity contribution in [2.45, 2.75) is 0 Å². The van der Waals surface area contributed by atoms with Crippen molar-refractivity contribution in [1.29, 1.82) is 0 Å². The van der Waals surface area contributed by atoms with Gasteiger partial charge in [-0.15, -0.1) is 0 Å². The Labute approximate surface area is 140 Å². The van der Waals surface area contributed by atoms with E-state index in [1.54, 1.807) is 18.2 Å². The minimum absolute atomic E-state index is 0.238. The molecule has 3 rings (SSSR count). The summed E-state index contributed by atoms with van der Waals surface area (Å²) < 4.78 is 6.29. The van der Waals surface area contributed by atoms with E-state index in [1.807, 2.05) is 36.4 Å². The number of benzene rings is 2. The molecule has 0 aliphatic carbocycles. The van der Waals surface area contributed by atoms with Gasteiger partial charge >= 0.3 is 5.97 Å². The molecule has 3 nitrogen and oxygen atoms in total. The Hall–Kier alpha value is -1.66. The molecular formula is C16H9ClINO2. The van der Waals surface area contributed by atoms with Crippen molar-refractivity contribution < 1.29 is 9.53 Å². The van der Waals surface area contributed by atoms with E-state index < -0.39 is 5.97 Å². The predicted molar refractivity (Wildman–Crippen MR) is 91.2 cm³/mol. The monoisotopic (exact) mass is 409 g/mol. The van der Waals surface area contributed by atoms with Crippen LogP contribution < -0.4 is 0 Å². The van der Waals surface area contributed by atoms with Crippen LogP contribution in [0.3, 0.4) is 0 Å². The Morgan fingerprint density at radius 3 is 2.71 bits per heavy atom. The third kappa shape index (κ3) is 3.16. The van der Waals surface area contributed by atoms with Crippen molar-refractivity contribution in [1.82, 2.24) is 0 Å². The molecule has 0 bridgehead atoms. The van der Waals surface area contributed by atoms with Gasteiger partial charge in [-0.2, -0.15) is 0 Å². The van der Waals surface area contributed by atoms with Gasteiger partial charge in [0.1, 0.15) is 0 Å². The van der Waals surface area contributed by atoms with Gasteiger partial charge in [0.15, 0.2) is 5.70 Å². The summed E-state index contributed by atoms with van der Waals surface area (Å²) in [5.41, 5.74) is 1.78. The van der Waals surface area contributed by atoms with E-state index in [4.69, 9.17) is 16.3 Å². The molecule has 0 saturated heterocycles. The summed E-state index contributed by atoms with van der Waals surface area (Å²) in [5, 5.41) is 0.500. The smallest absolute Gasteiger partial charge is 0.363 e. The Morgan fingerprint density at radius 1 is 1.14 bits per heavy atom. The number of carbonyl (C=O) groups excluding carboxylic acids is 1. The molecule has 0 N–H and O–H groups in total. The molecule has 0 aromatic heterocycles. The number of nitrogens with zero attached hydrogens (tertiary/aromatic N) is 1. The second-order valence-electron chi connectivity index (χ2n) is 4.37. The van der Waals surface area contributed by atoms with E-state index in [0.29, 0.717) is 10.6 Å². The van der Waals surface area contributed by atoms with E-state index in [9.17, 15) is 4.79 Å². The van der Waals surface area contributed by atoms with E-state index in [-0.39, 0.29) is 11.6 Å². The van der Waals surface area contributed by atoms with E-state index in [0.717, 1.165) is 9.13 Å². The maximum atomic E-state index is 11.9.